The van der Waals surface area contributed by atoms with E-state index >= 15 is 0 Å². The first-order valence-corrected chi connectivity index (χ1v) is 8.57. The molecular weight excluding hydrogens is 288 g/mol. The van der Waals surface area contributed by atoms with Crippen molar-refractivity contribution in [1.82, 2.24) is 10.6 Å². The van der Waals surface area contributed by atoms with Gasteiger partial charge in [0.05, 0.1) is 6.04 Å². The van der Waals surface area contributed by atoms with Crippen molar-refractivity contribution in [3.05, 3.63) is 34.4 Å². The van der Waals surface area contributed by atoms with Crippen LogP contribution in [0.15, 0.2) is 12.1 Å². The molecule has 1 aromatic carbocycles. The zero-order chi connectivity index (χ0) is 17.0. The van der Waals surface area contributed by atoms with Crippen molar-refractivity contribution in [3.8, 4) is 0 Å². The molecule has 4 nitrogen and oxygen atoms in total. The number of rotatable bonds is 3. The topological polar surface area (TPSA) is 58.2 Å². The lowest BCUT2D eigenvalue weighted by molar-refractivity contribution is -0.140. The van der Waals surface area contributed by atoms with Gasteiger partial charge >= 0.3 is 11.8 Å². The fraction of sp³-hybridized carbons (Fsp3) is 0.579. The summed E-state index contributed by atoms with van der Waals surface area (Å²) < 4.78 is 0. The number of benzene rings is 1. The summed E-state index contributed by atoms with van der Waals surface area (Å²) in [7, 11) is 0. The van der Waals surface area contributed by atoms with Crippen LogP contribution < -0.4 is 10.6 Å². The first kappa shape index (κ1) is 17.5. The summed E-state index contributed by atoms with van der Waals surface area (Å²) in [6.45, 7) is 8.09. The second-order valence-electron chi connectivity index (χ2n) is 6.80. The minimum Gasteiger partial charge on any atom is -0.345 e. The average Bonchev–Trinajstić information content (AvgIpc) is 2.51. The molecule has 1 fully saturated rings. The second-order valence-corrected chi connectivity index (χ2v) is 6.80. The third kappa shape index (κ3) is 4.57. The van der Waals surface area contributed by atoms with Crippen molar-refractivity contribution in [2.75, 3.05) is 0 Å². The number of amides is 2. The van der Waals surface area contributed by atoms with E-state index in [9.17, 15) is 9.59 Å². The molecule has 0 heterocycles. The van der Waals surface area contributed by atoms with Crippen molar-refractivity contribution in [2.24, 2.45) is 0 Å². The minimum atomic E-state index is -0.541. The van der Waals surface area contributed by atoms with Crippen molar-refractivity contribution >= 4 is 11.8 Å². The molecule has 1 aromatic rings. The van der Waals surface area contributed by atoms with Crippen molar-refractivity contribution in [2.45, 2.75) is 71.9 Å². The van der Waals surface area contributed by atoms with Gasteiger partial charge in [-0.3, -0.25) is 9.59 Å². The third-order valence-corrected chi connectivity index (χ3v) is 4.84. The van der Waals surface area contributed by atoms with E-state index in [1.165, 1.54) is 17.5 Å². The van der Waals surface area contributed by atoms with E-state index in [0.717, 1.165) is 36.8 Å². The van der Waals surface area contributed by atoms with Gasteiger partial charge in [0.15, 0.2) is 0 Å². The number of hydrogen-bond donors (Lipinski definition) is 2. The molecule has 1 unspecified atom stereocenters. The summed E-state index contributed by atoms with van der Waals surface area (Å²) in [6.07, 6.45) is 5.44. The minimum absolute atomic E-state index is 0.153. The van der Waals surface area contributed by atoms with Gasteiger partial charge in [0.25, 0.3) is 0 Å². The fourth-order valence-corrected chi connectivity index (χ4v) is 3.29. The van der Waals surface area contributed by atoms with Gasteiger partial charge in [-0.05, 0) is 62.8 Å². The van der Waals surface area contributed by atoms with Crippen LogP contribution in [-0.4, -0.2) is 17.9 Å². The van der Waals surface area contributed by atoms with Crippen LogP contribution in [0.5, 0.6) is 0 Å². The Morgan fingerprint density at radius 3 is 2.22 bits per heavy atom. The predicted molar refractivity (Wildman–Crippen MR) is 92.2 cm³/mol. The van der Waals surface area contributed by atoms with Gasteiger partial charge in [-0.25, -0.2) is 0 Å². The van der Waals surface area contributed by atoms with Crippen LogP contribution in [-0.2, 0) is 9.59 Å². The zero-order valence-corrected chi connectivity index (χ0v) is 14.7. The molecule has 2 N–H and O–H groups in total. The van der Waals surface area contributed by atoms with E-state index in [4.69, 9.17) is 0 Å². The molecule has 23 heavy (non-hydrogen) atoms. The molecule has 0 aromatic heterocycles. The molecule has 0 radical (unpaired) electrons. The highest BCUT2D eigenvalue weighted by molar-refractivity contribution is 6.35. The molecule has 1 atom stereocenters. The van der Waals surface area contributed by atoms with Gasteiger partial charge in [0.1, 0.15) is 0 Å². The summed E-state index contributed by atoms with van der Waals surface area (Å²) in [6, 6.07) is 4.18. The van der Waals surface area contributed by atoms with E-state index in [1.54, 1.807) is 0 Å². The molecular formula is C19H28N2O2. The summed E-state index contributed by atoms with van der Waals surface area (Å²) in [5.41, 5.74) is 4.62. The highest BCUT2D eigenvalue weighted by Gasteiger charge is 2.22. The molecule has 0 bridgehead atoms. The number of aryl methyl sites for hydroxylation is 3. The van der Waals surface area contributed by atoms with Crippen LogP contribution >= 0.6 is 0 Å². The Hall–Kier alpha value is -1.84. The van der Waals surface area contributed by atoms with E-state index in [2.05, 4.69) is 36.6 Å². The van der Waals surface area contributed by atoms with Crippen LogP contribution in [0, 0.1) is 20.8 Å². The molecule has 126 valence electrons. The Labute approximate surface area is 139 Å². The van der Waals surface area contributed by atoms with Crippen LogP contribution in [0.3, 0.4) is 0 Å². The molecule has 2 amide bonds. The number of nitrogens with one attached hydrogen (secondary N) is 2. The third-order valence-electron chi connectivity index (χ3n) is 4.84. The highest BCUT2D eigenvalue weighted by Crippen LogP contribution is 2.21. The Balaban J connectivity index is 1.96. The molecule has 0 saturated heterocycles. The van der Waals surface area contributed by atoms with Crippen molar-refractivity contribution in [3.63, 3.8) is 0 Å². The van der Waals surface area contributed by atoms with Gasteiger partial charge in [-0.1, -0.05) is 31.4 Å². The molecule has 1 aliphatic carbocycles. The molecule has 2 rings (SSSR count). The lowest BCUT2D eigenvalue weighted by Gasteiger charge is -2.23. The van der Waals surface area contributed by atoms with Crippen molar-refractivity contribution < 1.29 is 9.59 Å². The maximum Gasteiger partial charge on any atom is 0.309 e. The highest BCUT2D eigenvalue weighted by atomic mass is 16.2. The quantitative estimate of drug-likeness (QED) is 0.841. The van der Waals surface area contributed by atoms with Gasteiger partial charge < -0.3 is 10.6 Å². The number of hydrogen-bond acceptors (Lipinski definition) is 2. The standard InChI is InChI=1S/C19H28N2O2/c1-12-10-14(3)17(11-13(12)2)15(4)20-18(22)19(23)21-16-8-6-5-7-9-16/h10-11,15-16H,5-9H2,1-4H3,(H,20,22)(H,21,23). The fourth-order valence-electron chi connectivity index (χ4n) is 3.29. The van der Waals surface area contributed by atoms with Crippen LogP contribution in [0.1, 0.15) is 67.3 Å². The van der Waals surface area contributed by atoms with Gasteiger partial charge in [-0.2, -0.15) is 0 Å². The lowest BCUT2D eigenvalue weighted by atomic mass is 9.95. The second kappa shape index (κ2) is 7.62. The van der Waals surface area contributed by atoms with E-state index in [0.29, 0.717) is 0 Å². The van der Waals surface area contributed by atoms with Crippen LogP contribution in [0.4, 0.5) is 0 Å². The summed E-state index contributed by atoms with van der Waals surface area (Å²) >= 11 is 0. The maximum absolute atomic E-state index is 12.1. The van der Waals surface area contributed by atoms with Crippen molar-refractivity contribution in [1.29, 1.82) is 0 Å². The summed E-state index contributed by atoms with van der Waals surface area (Å²) in [4.78, 5) is 24.2. The normalized spacial score (nSPS) is 16.7. The van der Waals surface area contributed by atoms with Gasteiger partial charge in [0, 0.05) is 6.04 Å². The largest absolute Gasteiger partial charge is 0.345 e. The first-order valence-electron chi connectivity index (χ1n) is 8.57. The average molecular weight is 316 g/mol. The number of carbonyl (C=O) groups is 2. The maximum atomic E-state index is 12.1. The number of carbonyl (C=O) groups excluding carboxylic acids is 2. The molecule has 0 aliphatic heterocycles. The molecule has 0 spiro atoms. The van der Waals surface area contributed by atoms with E-state index in [1.807, 2.05) is 13.8 Å². The molecule has 4 heteroatoms. The SMILES string of the molecule is Cc1cc(C)c(C(C)NC(=O)C(=O)NC2CCCCC2)cc1C. The summed E-state index contributed by atoms with van der Waals surface area (Å²) in [5, 5.41) is 5.68. The van der Waals surface area contributed by atoms with Crippen LogP contribution in [0.25, 0.3) is 0 Å². The molecule has 1 saturated carbocycles. The monoisotopic (exact) mass is 316 g/mol. The Bertz CT molecular complexity index is 589. The van der Waals surface area contributed by atoms with Crippen LogP contribution in [0.2, 0.25) is 0 Å². The lowest BCUT2D eigenvalue weighted by Crippen LogP contribution is -2.45. The van der Waals surface area contributed by atoms with E-state index in [-0.39, 0.29) is 12.1 Å². The zero-order valence-electron chi connectivity index (χ0n) is 14.7. The van der Waals surface area contributed by atoms with Gasteiger partial charge in [-0.15, -0.1) is 0 Å². The Morgan fingerprint density at radius 1 is 0.957 bits per heavy atom. The Kier molecular flexibility index (Phi) is 5.80. The first-order chi connectivity index (χ1) is 10.9. The Morgan fingerprint density at radius 2 is 1.57 bits per heavy atom. The van der Waals surface area contributed by atoms with Gasteiger partial charge in [0.2, 0.25) is 0 Å². The smallest absolute Gasteiger partial charge is 0.309 e. The predicted octanol–water partition coefficient (Wildman–Crippen LogP) is 3.24. The van der Waals surface area contributed by atoms with E-state index < -0.39 is 11.8 Å². The summed E-state index contributed by atoms with van der Waals surface area (Å²) in [5.74, 6) is -1.05. The molecule has 1 aliphatic rings.